The van der Waals surface area contributed by atoms with Crippen LogP contribution in [0.1, 0.15) is 30.6 Å². The standard InChI is InChI=1S/C15H22N2O4/c1-10(2)6-7-17-15(19)11-4-5-12(13(8-11)20-3)21-9-14(16)18/h4-5,8,10H,6-7,9H2,1-3H3,(H2,16,18)(H,17,19). The van der Waals surface area contributed by atoms with Crippen molar-refractivity contribution in [2.45, 2.75) is 20.3 Å². The van der Waals surface area contributed by atoms with Gasteiger partial charge < -0.3 is 20.5 Å². The Morgan fingerprint density at radius 2 is 2.00 bits per heavy atom. The van der Waals surface area contributed by atoms with Crippen molar-refractivity contribution in [1.29, 1.82) is 0 Å². The Balaban J connectivity index is 2.72. The smallest absolute Gasteiger partial charge is 0.255 e. The number of rotatable bonds is 8. The van der Waals surface area contributed by atoms with Gasteiger partial charge in [0.25, 0.3) is 11.8 Å². The third-order valence-corrected chi connectivity index (χ3v) is 2.80. The van der Waals surface area contributed by atoms with Gasteiger partial charge in [-0.2, -0.15) is 0 Å². The maximum absolute atomic E-state index is 12.0. The van der Waals surface area contributed by atoms with E-state index in [4.69, 9.17) is 15.2 Å². The number of nitrogens with two attached hydrogens (primary N) is 1. The van der Waals surface area contributed by atoms with E-state index in [1.54, 1.807) is 18.2 Å². The molecule has 1 aromatic carbocycles. The summed E-state index contributed by atoms with van der Waals surface area (Å²) in [5.41, 5.74) is 5.49. The number of amides is 2. The molecule has 0 spiro atoms. The van der Waals surface area contributed by atoms with E-state index >= 15 is 0 Å². The summed E-state index contributed by atoms with van der Waals surface area (Å²) in [5, 5.41) is 2.84. The van der Waals surface area contributed by atoms with Crippen LogP contribution in [0.5, 0.6) is 11.5 Å². The van der Waals surface area contributed by atoms with Gasteiger partial charge in [0.1, 0.15) is 0 Å². The van der Waals surface area contributed by atoms with Crippen LogP contribution in [0.3, 0.4) is 0 Å². The van der Waals surface area contributed by atoms with Crippen LogP contribution in [0, 0.1) is 5.92 Å². The molecule has 1 aromatic rings. The first-order valence-electron chi connectivity index (χ1n) is 6.81. The molecule has 0 radical (unpaired) electrons. The second-order valence-corrected chi connectivity index (χ2v) is 5.06. The van der Waals surface area contributed by atoms with Crippen molar-refractivity contribution >= 4 is 11.8 Å². The number of ether oxygens (including phenoxy) is 2. The summed E-state index contributed by atoms with van der Waals surface area (Å²) >= 11 is 0. The lowest BCUT2D eigenvalue weighted by Gasteiger charge is -2.12. The predicted octanol–water partition coefficient (Wildman–Crippen LogP) is 1.34. The second-order valence-electron chi connectivity index (χ2n) is 5.06. The van der Waals surface area contributed by atoms with E-state index in [9.17, 15) is 9.59 Å². The molecule has 6 nitrogen and oxygen atoms in total. The minimum atomic E-state index is -0.576. The Labute approximate surface area is 124 Å². The Bertz CT molecular complexity index is 500. The Morgan fingerprint density at radius 1 is 1.29 bits per heavy atom. The zero-order chi connectivity index (χ0) is 15.8. The summed E-state index contributed by atoms with van der Waals surface area (Å²) in [7, 11) is 1.47. The molecule has 0 heterocycles. The number of benzene rings is 1. The van der Waals surface area contributed by atoms with Gasteiger partial charge in [-0.15, -0.1) is 0 Å². The summed E-state index contributed by atoms with van der Waals surface area (Å²) in [6.07, 6.45) is 0.919. The van der Waals surface area contributed by atoms with Gasteiger partial charge in [-0.1, -0.05) is 13.8 Å². The predicted molar refractivity (Wildman–Crippen MR) is 79.5 cm³/mol. The zero-order valence-corrected chi connectivity index (χ0v) is 12.6. The fourth-order valence-corrected chi connectivity index (χ4v) is 1.65. The quantitative estimate of drug-likeness (QED) is 0.757. The first-order chi connectivity index (χ1) is 9.93. The maximum Gasteiger partial charge on any atom is 0.255 e. The van der Waals surface area contributed by atoms with E-state index in [0.29, 0.717) is 29.5 Å². The molecule has 0 saturated heterocycles. The first-order valence-corrected chi connectivity index (χ1v) is 6.81. The molecule has 0 aliphatic heterocycles. The lowest BCUT2D eigenvalue weighted by Crippen LogP contribution is -2.25. The van der Waals surface area contributed by atoms with Gasteiger partial charge in [-0.3, -0.25) is 9.59 Å². The van der Waals surface area contributed by atoms with Crippen LogP contribution in [-0.2, 0) is 4.79 Å². The monoisotopic (exact) mass is 294 g/mol. The number of hydrogen-bond acceptors (Lipinski definition) is 4. The van der Waals surface area contributed by atoms with Gasteiger partial charge in [-0.25, -0.2) is 0 Å². The first kappa shape index (κ1) is 16.8. The van der Waals surface area contributed by atoms with Crippen molar-refractivity contribution < 1.29 is 19.1 Å². The highest BCUT2D eigenvalue weighted by atomic mass is 16.5. The summed E-state index contributed by atoms with van der Waals surface area (Å²) in [5.74, 6) is 0.537. The van der Waals surface area contributed by atoms with Crippen LogP contribution in [0.25, 0.3) is 0 Å². The number of hydrogen-bond donors (Lipinski definition) is 2. The van der Waals surface area contributed by atoms with Crippen LogP contribution in [0.4, 0.5) is 0 Å². The molecule has 0 atom stereocenters. The highest BCUT2D eigenvalue weighted by molar-refractivity contribution is 5.94. The summed E-state index contributed by atoms with van der Waals surface area (Å²) in [6, 6.07) is 4.77. The molecule has 0 fully saturated rings. The maximum atomic E-state index is 12.0. The van der Waals surface area contributed by atoms with Crippen LogP contribution in [0.2, 0.25) is 0 Å². The summed E-state index contributed by atoms with van der Waals surface area (Å²) < 4.78 is 10.4. The number of primary amides is 1. The van der Waals surface area contributed by atoms with E-state index in [-0.39, 0.29) is 12.5 Å². The summed E-state index contributed by atoms with van der Waals surface area (Å²) in [4.78, 5) is 22.7. The molecular formula is C15H22N2O4. The molecule has 0 aromatic heterocycles. The average molecular weight is 294 g/mol. The van der Waals surface area contributed by atoms with Crippen molar-refractivity contribution in [1.82, 2.24) is 5.32 Å². The molecule has 0 aliphatic rings. The van der Waals surface area contributed by atoms with Crippen LogP contribution < -0.4 is 20.5 Å². The van der Waals surface area contributed by atoms with E-state index in [2.05, 4.69) is 19.2 Å². The third-order valence-electron chi connectivity index (χ3n) is 2.80. The van der Waals surface area contributed by atoms with Crippen LogP contribution in [0.15, 0.2) is 18.2 Å². The van der Waals surface area contributed by atoms with Crippen molar-refractivity contribution in [3.05, 3.63) is 23.8 Å². The lowest BCUT2D eigenvalue weighted by molar-refractivity contribution is -0.119. The molecule has 1 rings (SSSR count). The molecule has 2 amide bonds. The van der Waals surface area contributed by atoms with Crippen molar-refractivity contribution in [3.8, 4) is 11.5 Å². The number of methoxy groups -OCH3 is 1. The fourth-order valence-electron chi connectivity index (χ4n) is 1.65. The number of nitrogens with one attached hydrogen (secondary N) is 1. The third kappa shape index (κ3) is 5.72. The highest BCUT2D eigenvalue weighted by Gasteiger charge is 2.11. The molecule has 0 aliphatic carbocycles. The molecular weight excluding hydrogens is 272 g/mol. The van der Waals surface area contributed by atoms with Gasteiger partial charge >= 0.3 is 0 Å². The van der Waals surface area contributed by atoms with Crippen molar-refractivity contribution in [2.24, 2.45) is 11.7 Å². The largest absolute Gasteiger partial charge is 0.493 e. The average Bonchev–Trinajstić information content (AvgIpc) is 2.44. The topological polar surface area (TPSA) is 90.7 Å². The van der Waals surface area contributed by atoms with E-state index in [1.807, 2.05) is 0 Å². The van der Waals surface area contributed by atoms with Gasteiger partial charge in [0, 0.05) is 12.1 Å². The molecule has 0 saturated carbocycles. The van der Waals surface area contributed by atoms with Crippen molar-refractivity contribution in [3.63, 3.8) is 0 Å². The lowest BCUT2D eigenvalue weighted by atomic mass is 10.1. The van der Waals surface area contributed by atoms with Gasteiger partial charge in [0.05, 0.1) is 7.11 Å². The second kappa shape index (κ2) is 8.14. The molecule has 21 heavy (non-hydrogen) atoms. The van der Waals surface area contributed by atoms with Gasteiger partial charge in [0.15, 0.2) is 18.1 Å². The Kier molecular flexibility index (Phi) is 6.52. The minimum Gasteiger partial charge on any atom is -0.493 e. The van der Waals surface area contributed by atoms with Crippen molar-refractivity contribution in [2.75, 3.05) is 20.3 Å². The molecule has 0 unspecified atom stereocenters. The fraction of sp³-hybridized carbons (Fsp3) is 0.467. The number of carbonyl (C=O) groups is 2. The van der Waals surface area contributed by atoms with Crippen LogP contribution in [-0.4, -0.2) is 32.1 Å². The molecule has 0 bridgehead atoms. The van der Waals surface area contributed by atoms with Crippen LogP contribution >= 0.6 is 0 Å². The molecule has 3 N–H and O–H groups in total. The molecule has 6 heteroatoms. The Morgan fingerprint density at radius 3 is 2.57 bits per heavy atom. The number of carbonyl (C=O) groups excluding carboxylic acids is 2. The van der Waals surface area contributed by atoms with E-state index in [1.165, 1.54) is 7.11 Å². The normalized spacial score (nSPS) is 10.3. The zero-order valence-electron chi connectivity index (χ0n) is 12.6. The van der Waals surface area contributed by atoms with E-state index in [0.717, 1.165) is 6.42 Å². The minimum absolute atomic E-state index is 0.171. The van der Waals surface area contributed by atoms with Gasteiger partial charge in [-0.05, 0) is 30.5 Å². The summed E-state index contributed by atoms with van der Waals surface area (Å²) in [6.45, 7) is 4.58. The van der Waals surface area contributed by atoms with Gasteiger partial charge in [0.2, 0.25) is 0 Å². The highest BCUT2D eigenvalue weighted by Crippen LogP contribution is 2.27. The Hall–Kier alpha value is -2.24. The SMILES string of the molecule is COc1cc(C(=O)NCCC(C)C)ccc1OCC(N)=O. The molecule has 116 valence electrons. The van der Waals surface area contributed by atoms with E-state index < -0.39 is 5.91 Å².